The standard InChI is InChI=1S/C19H18F2N2O2S/c20-19(21)18-8-13(11-26-18)12-6-16-15(2-1-3-23-16)17(7-12)25-10-14-9-22-4-5-24-14/h1-3,6-8,11,14,19,22H,4-5,9-10H2/t14-/m0/s1. The van der Waals surface area contributed by atoms with E-state index in [9.17, 15) is 8.78 Å². The summed E-state index contributed by atoms with van der Waals surface area (Å²) >= 11 is 1.06. The fourth-order valence-electron chi connectivity index (χ4n) is 2.96. The summed E-state index contributed by atoms with van der Waals surface area (Å²) in [6.45, 7) is 2.69. The molecule has 1 N–H and O–H groups in total. The first-order chi connectivity index (χ1) is 12.7. The number of alkyl halides is 2. The zero-order chi connectivity index (χ0) is 17.9. The Labute approximate surface area is 153 Å². The van der Waals surface area contributed by atoms with E-state index in [1.807, 2.05) is 24.3 Å². The van der Waals surface area contributed by atoms with Crippen LogP contribution in [0.4, 0.5) is 8.78 Å². The molecule has 0 radical (unpaired) electrons. The van der Waals surface area contributed by atoms with E-state index in [1.165, 1.54) is 6.07 Å². The molecule has 3 aromatic rings. The number of morpholine rings is 1. The summed E-state index contributed by atoms with van der Waals surface area (Å²) < 4.78 is 37.5. The Bertz CT molecular complexity index is 894. The van der Waals surface area contributed by atoms with Gasteiger partial charge in [-0.3, -0.25) is 4.98 Å². The minimum atomic E-state index is -2.46. The molecular formula is C19H18F2N2O2S. The summed E-state index contributed by atoms with van der Waals surface area (Å²) in [6, 6.07) is 9.11. The molecule has 136 valence electrons. The Balaban J connectivity index is 1.65. The number of nitrogens with one attached hydrogen (secondary N) is 1. The third-order valence-electron chi connectivity index (χ3n) is 4.28. The summed E-state index contributed by atoms with van der Waals surface area (Å²) in [5.41, 5.74) is 2.34. The van der Waals surface area contributed by atoms with E-state index in [0.29, 0.717) is 19.0 Å². The molecule has 0 aliphatic carbocycles. The van der Waals surface area contributed by atoms with Crippen LogP contribution in [0, 0.1) is 0 Å². The van der Waals surface area contributed by atoms with Crippen molar-refractivity contribution in [3.63, 3.8) is 0 Å². The van der Waals surface area contributed by atoms with Crippen molar-refractivity contribution >= 4 is 22.2 Å². The number of aromatic nitrogens is 1. The van der Waals surface area contributed by atoms with Crippen molar-refractivity contribution in [1.82, 2.24) is 10.3 Å². The summed E-state index contributed by atoms with van der Waals surface area (Å²) in [5.74, 6) is 0.685. The summed E-state index contributed by atoms with van der Waals surface area (Å²) in [6.07, 6.45) is -0.757. The molecule has 0 bridgehead atoms. The lowest BCUT2D eigenvalue weighted by molar-refractivity contribution is 0.000518. The predicted molar refractivity (Wildman–Crippen MR) is 98.1 cm³/mol. The molecule has 4 nitrogen and oxygen atoms in total. The molecule has 1 saturated heterocycles. The molecule has 0 spiro atoms. The van der Waals surface area contributed by atoms with E-state index in [4.69, 9.17) is 9.47 Å². The van der Waals surface area contributed by atoms with Crippen LogP contribution < -0.4 is 10.1 Å². The van der Waals surface area contributed by atoms with Crippen LogP contribution in [0.1, 0.15) is 11.3 Å². The lowest BCUT2D eigenvalue weighted by atomic mass is 10.0. The highest BCUT2D eigenvalue weighted by Gasteiger charge is 2.16. The number of rotatable bonds is 5. The first-order valence-electron chi connectivity index (χ1n) is 8.41. The summed E-state index contributed by atoms with van der Waals surface area (Å²) in [5, 5.41) is 5.90. The molecule has 0 amide bonds. The first-order valence-corrected chi connectivity index (χ1v) is 9.29. The minimum absolute atomic E-state index is 0.00860. The molecule has 0 saturated carbocycles. The smallest absolute Gasteiger partial charge is 0.272 e. The van der Waals surface area contributed by atoms with Gasteiger partial charge in [0.25, 0.3) is 6.43 Å². The topological polar surface area (TPSA) is 43.4 Å². The number of ether oxygens (including phenoxy) is 2. The molecule has 1 aromatic carbocycles. The maximum Gasteiger partial charge on any atom is 0.272 e. The van der Waals surface area contributed by atoms with Crippen molar-refractivity contribution in [3.8, 4) is 16.9 Å². The van der Waals surface area contributed by atoms with Crippen molar-refractivity contribution in [1.29, 1.82) is 0 Å². The second-order valence-electron chi connectivity index (χ2n) is 6.09. The highest BCUT2D eigenvalue weighted by atomic mass is 32.1. The van der Waals surface area contributed by atoms with Crippen LogP contribution >= 0.6 is 11.3 Å². The Kier molecular flexibility index (Phi) is 5.10. The van der Waals surface area contributed by atoms with Crippen molar-refractivity contribution in [2.45, 2.75) is 12.5 Å². The number of benzene rings is 1. The number of pyridine rings is 1. The van der Waals surface area contributed by atoms with E-state index in [1.54, 1.807) is 11.6 Å². The van der Waals surface area contributed by atoms with Crippen molar-refractivity contribution in [2.24, 2.45) is 0 Å². The van der Waals surface area contributed by atoms with Gasteiger partial charge in [0.1, 0.15) is 18.5 Å². The molecule has 3 heterocycles. The van der Waals surface area contributed by atoms with Crippen LogP contribution in [0.3, 0.4) is 0 Å². The Morgan fingerprint density at radius 3 is 3.00 bits per heavy atom. The molecule has 4 rings (SSSR count). The Morgan fingerprint density at radius 1 is 1.31 bits per heavy atom. The third-order valence-corrected chi connectivity index (χ3v) is 5.22. The van der Waals surface area contributed by atoms with Crippen LogP contribution in [0.15, 0.2) is 41.9 Å². The van der Waals surface area contributed by atoms with Gasteiger partial charge in [-0.1, -0.05) is 0 Å². The summed E-state index contributed by atoms with van der Waals surface area (Å²) in [4.78, 5) is 4.46. The SMILES string of the molecule is FC(F)c1cc(-c2cc(OC[C@@H]3CNCCO3)c3cccnc3c2)cs1. The predicted octanol–water partition coefficient (Wildman–Crippen LogP) is 4.27. The largest absolute Gasteiger partial charge is 0.490 e. The van der Waals surface area contributed by atoms with Gasteiger partial charge in [0.15, 0.2) is 0 Å². The maximum absolute atomic E-state index is 12.9. The maximum atomic E-state index is 12.9. The average molecular weight is 376 g/mol. The van der Waals surface area contributed by atoms with Crippen molar-refractivity contribution in [3.05, 3.63) is 46.8 Å². The van der Waals surface area contributed by atoms with Gasteiger partial charge in [-0.05, 0) is 46.8 Å². The minimum Gasteiger partial charge on any atom is -0.490 e. The van der Waals surface area contributed by atoms with E-state index >= 15 is 0 Å². The van der Waals surface area contributed by atoms with E-state index in [-0.39, 0.29) is 11.0 Å². The number of thiophene rings is 1. The third kappa shape index (κ3) is 3.70. The number of hydrogen-bond donors (Lipinski definition) is 1. The van der Waals surface area contributed by atoms with Gasteiger partial charge in [0, 0.05) is 24.7 Å². The molecule has 0 unspecified atom stereocenters. The van der Waals surface area contributed by atoms with Gasteiger partial charge in [-0.15, -0.1) is 11.3 Å². The van der Waals surface area contributed by atoms with Crippen LogP contribution in [0.5, 0.6) is 5.75 Å². The van der Waals surface area contributed by atoms with Gasteiger partial charge in [0.2, 0.25) is 0 Å². The Hall–Kier alpha value is -2.09. The highest BCUT2D eigenvalue weighted by molar-refractivity contribution is 7.10. The molecule has 1 aliphatic rings. The zero-order valence-corrected chi connectivity index (χ0v) is 14.8. The monoisotopic (exact) mass is 376 g/mol. The molecule has 1 aliphatic heterocycles. The van der Waals surface area contributed by atoms with Gasteiger partial charge in [-0.2, -0.15) is 0 Å². The molecule has 1 atom stereocenters. The fraction of sp³-hybridized carbons (Fsp3) is 0.316. The first kappa shape index (κ1) is 17.3. The quantitative estimate of drug-likeness (QED) is 0.722. The molecular weight excluding hydrogens is 358 g/mol. The zero-order valence-electron chi connectivity index (χ0n) is 14.0. The van der Waals surface area contributed by atoms with Gasteiger partial charge < -0.3 is 14.8 Å². The second-order valence-corrected chi connectivity index (χ2v) is 7.03. The van der Waals surface area contributed by atoms with Crippen LogP contribution in [-0.4, -0.2) is 37.4 Å². The number of halogens is 2. The van der Waals surface area contributed by atoms with E-state index < -0.39 is 6.43 Å². The van der Waals surface area contributed by atoms with Gasteiger partial charge in [0.05, 0.1) is 17.0 Å². The van der Waals surface area contributed by atoms with Crippen LogP contribution in [0.2, 0.25) is 0 Å². The van der Waals surface area contributed by atoms with Gasteiger partial charge >= 0.3 is 0 Å². The normalized spacial score (nSPS) is 17.7. The van der Waals surface area contributed by atoms with E-state index in [2.05, 4.69) is 10.3 Å². The average Bonchev–Trinajstić information content (AvgIpc) is 3.17. The molecule has 26 heavy (non-hydrogen) atoms. The van der Waals surface area contributed by atoms with E-state index in [0.717, 1.165) is 46.5 Å². The second kappa shape index (κ2) is 7.65. The molecule has 1 fully saturated rings. The number of fused-ring (bicyclic) bond motifs is 1. The summed E-state index contributed by atoms with van der Waals surface area (Å²) in [7, 11) is 0. The van der Waals surface area contributed by atoms with Gasteiger partial charge in [-0.25, -0.2) is 8.78 Å². The molecule has 2 aromatic heterocycles. The van der Waals surface area contributed by atoms with Crippen molar-refractivity contribution in [2.75, 3.05) is 26.3 Å². The van der Waals surface area contributed by atoms with Crippen LogP contribution in [0.25, 0.3) is 22.0 Å². The van der Waals surface area contributed by atoms with Crippen LogP contribution in [-0.2, 0) is 4.74 Å². The molecule has 7 heteroatoms. The van der Waals surface area contributed by atoms with Crippen molar-refractivity contribution < 1.29 is 18.3 Å². The number of nitrogens with zero attached hydrogens (tertiary/aromatic N) is 1. The lowest BCUT2D eigenvalue weighted by Crippen LogP contribution is -2.41. The number of hydrogen-bond acceptors (Lipinski definition) is 5. The lowest BCUT2D eigenvalue weighted by Gasteiger charge is -2.24. The Morgan fingerprint density at radius 2 is 2.23 bits per heavy atom. The highest BCUT2D eigenvalue weighted by Crippen LogP contribution is 2.36. The fourth-order valence-corrected chi connectivity index (χ4v) is 3.73.